The highest BCUT2D eigenvalue weighted by atomic mass is 32.1. The molecule has 1 aliphatic carbocycles. The summed E-state index contributed by atoms with van der Waals surface area (Å²) in [4.78, 5) is 6.71. The van der Waals surface area contributed by atoms with Crippen LogP contribution in [-0.2, 0) is 0 Å². The molecule has 5 heteroatoms. The molecule has 0 atom stereocenters. The number of hydrogen-bond donors (Lipinski definition) is 0. The smallest absolute Gasteiger partial charge is 0.208 e. The van der Waals surface area contributed by atoms with Crippen molar-refractivity contribution >= 4 is 16.5 Å². The number of rotatable bonds is 5. The Morgan fingerprint density at radius 2 is 2.22 bits per heavy atom. The summed E-state index contributed by atoms with van der Waals surface area (Å²) >= 11 is 1.64. The maximum Gasteiger partial charge on any atom is 0.208 e. The minimum Gasteiger partial charge on any atom is -0.344 e. The lowest BCUT2D eigenvalue weighted by molar-refractivity contribution is 0.753. The van der Waals surface area contributed by atoms with Gasteiger partial charge in [0.05, 0.1) is 0 Å². The van der Waals surface area contributed by atoms with Gasteiger partial charge in [-0.15, -0.1) is 10.2 Å². The van der Waals surface area contributed by atoms with Crippen molar-refractivity contribution in [2.45, 2.75) is 32.2 Å². The third-order valence-corrected chi connectivity index (χ3v) is 3.98. The standard InChI is InChI=1S/C13H16N4S/c1-2-9-17(10-6-7-10)13-16-15-12(18-13)11-5-3-4-8-14-11/h3-5,8,10H,2,6-7,9H2,1H3. The van der Waals surface area contributed by atoms with E-state index in [2.05, 4.69) is 27.0 Å². The van der Waals surface area contributed by atoms with Gasteiger partial charge in [-0.25, -0.2) is 0 Å². The molecule has 0 amide bonds. The summed E-state index contributed by atoms with van der Waals surface area (Å²) in [6, 6.07) is 6.56. The zero-order valence-electron chi connectivity index (χ0n) is 10.4. The molecule has 1 fully saturated rings. The largest absolute Gasteiger partial charge is 0.344 e. The third-order valence-electron chi connectivity index (χ3n) is 3.00. The third kappa shape index (κ3) is 2.36. The van der Waals surface area contributed by atoms with E-state index in [0.717, 1.165) is 28.8 Å². The average Bonchev–Trinajstić information content (AvgIpc) is 3.14. The summed E-state index contributed by atoms with van der Waals surface area (Å²) in [6.07, 6.45) is 5.52. The molecule has 2 aromatic heterocycles. The van der Waals surface area contributed by atoms with Crippen molar-refractivity contribution in [2.24, 2.45) is 0 Å². The Kier molecular flexibility index (Phi) is 3.23. The van der Waals surface area contributed by atoms with Crippen LogP contribution in [0.2, 0.25) is 0 Å². The first-order chi connectivity index (χ1) is 8.88. The van der Waals surface area contributed by atoms with Crippen LogP contribution >= 0.6 is 11.3 Å². The number of aromatic nitrogens is 3. The lowest BCUT2D eigenvalue weighted by atomic mass is 10.4. The molecule has 94 valence electrons. The Balaban J connectivity index is 1.84. The van der Waals surface area contributed by atoms with Crippen LogP contribution in [0.5, 0.6) is 0 Å². The van der Waals surface area contributed by atoms with Crippen molar-refractivity contribution < 1.29 is 0 Å². The molecule has 4 nitrogen and oxygen atoms in total. The maximum atomic E-state index is 4.33. The van der Waals surface area contributed by atoms with Crippen LogP contribution in [0.3, 0.4) is 0 Å². The summed E-state index contributed by atoms with van der Waals surface area (Å²) in [7, 11) is 0. The number of anilines is 1. The SMILES string of the molecule is CCCN(c1nnc(-c2ccccn2)s1)C1CC1. The van der Waals surface area contributed by atoms with Gasteiger partial charge in [-0.1, -0.05) is 24.3 Å². The van der Waals surface area contributed by atoms with Crippen LogP contribution in [0.1, 0.15) is 26.2 Å². The predicted octanol–water partition coefficient (Wildman–Crippen LogP) is 2.98. The highest BCUT2D eigenvalue weighted by Gasteiger charge is 2.30. The molecule has 3 rings (SSSR count). The van der Waals surface area contributed by atoms with E-state index in [1.54, 1.807) is 17.5 Å². The second kappa shape index (κ2) is 5.02. The zero-order chi connectivity index (χ0) is 12.4. The fraction of sp³-hybridized carbons (Fsp3) is 0.462. The molecule has 1 aliphatic rings. The lowest BCUT2D eigenvalue weighted by Gasteiger charge is -2.19. The molecule has 0 unspecified atom stereocenters. The Bertz CT molecular complexity index is 507. The molecule has 18 heavy (non-hydrogen) atoms. The minimum atomic E-state index is 0.689. The summed E-state index contributed by atoms with van der Waals surface area (Å²) < 4.78 is 0. The highest BCUT2D eigenvalue weighted by molar-refractivity contribution is 7.18. The van der Waals surface area contributed by atoms with Gasteiger partial charge < -0.3 is 4.90 Å². The van der Waals surface area contributed by atoms with E-state index < -0.39 is 0 Å². The predicted molar refractivity (Wildman–Crippen MR) is 73.8 cm³/mol. The van der Waals surface area contributed by atoms with Crippen LogP contribution in [0.15, 0.2) is 24.4 Å². The maximum absolute atomic E-state index is 4.33. The van der Waals surface area contributed by atoms with Gasteiger partial charge in [0, 0.05) is 18.8 Å². The Morgan fingerprint density at radius 3 is 2.89 bits per heavy atom. The molecular weight excluding hydrogens is 244 g/mol. The molecule has 2 heterocycles. The summed E-state index contributed by atoms with van der Waals surface area (Å²) in [6.45, 7) is 3.28. The summed E-state index contributed by atoms with van der Waals surface area (Å²) in [5.41, 5.74) is 0.911. The molecule has 0 N–H and O–H groups in total. The van der Waals surface area contributed by atoms with E-state index in [1.807, 2.05) is 18.2 Å². The quantitative estimate of drug-likeness (QED) is 0.829. The van der Waals surface area contributed by atoms with Gasteiger partial charge in [-0.3, -0.25) is 4.98 Å². The van der Waals surface area contributed by atoms with E-state index in [9.17, 15) is 0 Å². The molecule has 2 aromatic rings. The van der Waals surface area contributed by atoms with Crippen molar-refractivity contribution in [3.8, 4) is 10.7 Å². The second-order valence-corrected chi connectivity index (χ2v) is 5.49. The van der Waals surface area contributed by atoms with Crippen molar-refractivity contribution in [2.75, 3.05) is 11.4 Å². The van der Waals surface area contributed by atoms with E-state index in [1.165, 1.54) is 12.8 Å². The van der Waals surface area contributed by atoms with Crippen molar-refractivity contribution in [3.63, 3.8) is 0 Å². The van der Waals surface area contributed by atoms with Gasteiger partial charge in [0.25, 0.3) is 0 Å². The Labute approximate surface area is 111 Å². The van der Waals surface area contributed by atoms with Crippen LogP contribution < -0.4 is 4.90 Å². The Morgan fingerprint density at radius 1 is 1.33 bits per heavy atom. The summed E-state index contributed by atoms with van der Waals surface area (Å²) in [5, 5.41) is 10.5. The van der Waals surface area contributed by atoms with E-state index in [0.29, 0.717) is 6.04 Å². The van der Waals surface area contributed by atoms with Crippen molar-refractivity contribution in [1.29, 1.82) is 0 Å². The van der Waals surface area contributed by atoms with E-state index in [4.69, 9.17) is 0 Å². The second-order valence-electron chi connectivity index (χ2n) is 4.53. The van der Waals surface area contributed by atoms with Gasteiger partial charge in [-0.2, -0.15) is 0 Å². The molecule has 0 aliphatic heterocycles. The molecule has 0 aromatic carbocycles. The first kappa shape index (κ1) is 11.6. The minimum absolute atomic E-state index is 0.689. The first-order valence-corrected chi connectivity index (χ1v) is 7.21. The molecule has 0 spiro atoms. The molecular formula is C13H16N4S. The van der Waals surface area contributed by atoms with Gasteiger partial charge in [0.2, 0.25) is 5.13 Å². The average molecular weight is 260 g/mol. The summed E-state index contributed by atoms with van der Waals surface area (Å²) in [5.74, 6) is 0. The van der Waals surface area contributed by atoms with Crippen LogP contribution in [0.25, 0.3) is 10.7 Å². The fourth-order valence-electron chi connectivity index (χ4n) is 1.99. The van der Waals surface area contributed by atoms with E-state index in [-0.39, 0.29) is 0 Å². The molecule has 0 radical (unpaired) electrons. The number of hydrogen-bond acceptors (Lipinski definition) is 5. The topological polar surface area (TPSA) is 41.9 Å². The van der Waals surface area contributed by atoms with Gasteiger partial charge in [-0.05, 0) is 31.4 Å². The van der Waals surface area contributed by atoms with Crippen LogP contribution in [-0.4, -0.2) is 27.8 Å². The van der Waals surface area contributed by atoms with Crippen molar-refractivity contribution in [3.05, 3.63) is 24.4 Å². The number of pyridine rings is 1. The lowest BCUT2D eigenvalue weighted by Crippen LogP contribution is -2.26. The monoisotopic (exact) mass is 260 g/mol. The number of nitrogens with zero attached hydrogens (tertiary/aromatic N) is 4. The molecule has 0 saturated heterocycles. The van der Waals surface area contributed by atoms with Crippen molar-refractivity contribution in [1.82, 2.24) is 15.2 Å². The zero-order valence-corrected chi connectivity index (χ0v) is 11.2. The van der Waals surface area contributed by atoms with Gasteiger partial charge in [0.15, 0.2) is 5.01 Å². The van der Waals surface area contributed by atoms with Crippen LogP contribution in [0.4, 0.5) is 5.13 Å². The first-order valence-electron chi connectivity index (χ1n) is 6.40. The Hall–Kier alpha value is -1.49. The highest BCUT2D eigenvalue weighted by Crippen LogP contribution is 2.35. The normalized spacial score (nSPS) is 14.7. The van der Waals surface area contributed by atoms with E-state index >= 15 is 0 Å². The molecule has 0 bridgehead atoms. The fourth-order valence-corrected chi connectivity index (χ4v) is 2.91. The van der Waals surface area contributed by atoms with Gasteiger partial charge >= 0.3 is 0 Å². The van der Waals surface area contributed by atoms with Crippen LogP contribution in [0, 0.1) is 0 Å². The van der Waals surface area contributed by atoms with Gasteiger partial charge in [0.1, 0.15) is 5.69 Å². The molecule has 1 saturated carbocycles.